The molecule has 2 aliphatic heterocycles. The highest BCUT2D eigenvalue weighted by molar-refractivity contribution is 5.82. The van der Waals surface area contributed by atoms with Crippen molar-refractivity contribution in [1.29, 1.82) is 5.26 Å². The number of amides is 1. The van der Waals surface area contributed by atoms with Gasteiger partial charge in [-0.3, -0.25) is 4.79 Å². The van der Waals surface area contributed by atoms with Crippen molar-refractivity contribution >= 4 is 11.7 Å². The third-order valence-corrected chi connectivity index (χ3v) is 7.97. The molecule has 2 fully saturated rings. The summed E-state index contributed by atoms with van der Waals surface area (Å²) in [4.78, 5) is 17.7. The lowest BCUT2D eigenvalue weighted by Crippen LogP contribution is -2.57. The zero-order valence-electron chi connectivity index (χ0n) is 21.8. The maximum atomic E-state index is 15.0. The number of hydrogen-bond acceptors (Lipinski definition) is 7. The van der Waals surface area contributed by atoms with Gasteiger partial charge in [-0.1, -0.05) is 36.4 Å². The number of anilines is 1. The van der Waals surface area contributed by atoms with E-state index in [1.54, 1.807) is 31.3 Å². The summed E-state index contributed by atoms with van der Waals surface area (Å²) in [5.41, 5.74) is 0.708. The highest BCUT2D eigenvalue weighted by Gasteiger charge is 2.49. The first kappa shape index (κ1) is 26.7. The van der Waals surface area contributed by atoms with E-state index in [0.29, 0.717) is 25.3 Å². The Morgan fingerprint density at radius 3 is 2.49 bits per heavy atom. The first-order valence-electron chi connectivity index (χ1n) is 12.8. The molecule has 2 aromatic carbocycles. The first-order valence-corrected chi connectivity index (χ1v) is 12.8. The van der Waals surface area contributed by atoms with Gasteiger partial charge in [-0.25, -0.2) is 8.78 Å². The average Bonchev–Trinajstić information content (AvgIpc) is 3.42. The van der Waals surface area contributed by atoms with Crippen molar-refractivity contribution in [2.75, 3.05) is 45.3 Å². The molecule has 8 nitrogen and oxygen atoms in total. The third-order valence-electron chi connectivity index (χ3n) is 7.97. The standard InChI is InChI=1S/C29H29F2N5O3/c1-38-26-18-35(13-12-29(26,39-2)19-6-4-3-5-7-19)28(37)24-17-36(27-11-9-21(15-32)33-34-27)16-23(24)22-10-8-20(30)14-25(22)31/h3-11,14,23-24,26H,12-13,16-18H2,1-2H3/t23-,24+,26-,29-/m0/s1. The molecule has 0 spiro atoms. The fourth-order valence-electron chi connectivity index (χ4n) is 5.91. The van der Waals surface area contributed by atoms with Gasteiger partial charge in [0.05, 0.1) is 12.5 Å². The predicted octanol–water partition coefficient (Wildman–Crippen LogP) is 3.64. The Hall–Kier alpha value is -3.94. The van der Waals surface area contributed by atoms with Gasteiger partial charge in [0.1, 0.15) is 29.4 Å². The number of hydrogen-bond donors (Lipinski definition) is 0. The van der Waals surface area contributed by atoms with E-state index in [9.17, 15) is 13.6 Å². The molecular weight excluding hydrogens is 504 g/mol. The number of nitriles is 1. The van der Waals surface area contributed by atoms with Crippen LogP contribution in [0, 0.1) is 28.9 Å². The molecule has 0 N–H and O–H groups in total. The first-order chi connectivity index (χ1) is 18.9. The van der Waals surface area contributed by atoms with Gasteiger partial charge < -0.3 is 19.3 Å². The summed E-state index contributed by atoms with van der Waals surface area (Å²) in [7, 11) is 3.25. The van der Waals surface area contributed by atoms with Crippen LogP contribution in [0.4, 0.5) is 14.6 Å². The van der Waals surface area contributed by atoms with E-state index in [-0.39, 0.29) is 30.3 Å². The molecule has 2 aliphatic rings. The number of methoxy groups -OCH3 is 2. The van der Waals surface area contributed by atoms with Gasteiger partial charge in [-0.15, -0.1) is 10.2 Å². The lowest BCUT2D eigenvalue weighted by molar-refractivity contribution is -0.170. The Labute approximate surface area is 225 Å². The van der Waals surface area contributed by atoms with E-state index in [1.165, 1.54) is 12.1 Å². The van der Waals surface area contributed by atoms with E-state index in [1.807, 2.05) is 41.3 Å². The summed E-state index contributed by atoms with van der Waals surface area (Å²) in [5.74, 6) is -2.20. The van der Waals surface area contributed by atoms with Crippen molar-refractivity contribution in [2.45, 2.75) is 24.0 Å². The lowest BCUT2D eigenvalue weighted by Gasteiger charge is -2.47. The molecule has 2 saturated heterocycles. The number of nitrogens with zero attached hydrogens (tertiary/aromatic N) is 5. The highest BCUT2D eigenvalue weighted by atomic mass is 19.1. The fraction of sp³-hybridized carbons (Fsp3) is 0.379. The molecular formula is C29H29F2N5O3. The Morgan fingerprint density at radius 2 is 1.85 bits per heavy atom. The zero-order chi connectivity index (χ0) is 27.6. The third kappa shape index (κ3) is 4.95. The van der Waals surface area contributed by atoms with E-state index < -0.39 is 35.2 Å². The van der Waals surface area contributed by atoms with E-state index >= 15 is 0 Å². The van der Waals surface area contributed by atoms with Crippen molar-refractivity contribution in [3.8, 4) is 6.07 Å². The van der Waals surface area contributed by atoms with E-state index in [0.717, 1.165) is 11.6 Å². The summed E-state index contributed by atoms with van der Waals surface area (Å²) < 4.78 is 40.6. The molecule has 39 heavy (non-hydrogen) atoms. The summed E-state index contributed by atoms with van der Waals surface area (Å²) in [6.45, 7) is 1.27. The Bertz CT molecular complexity index is 1370. The van der Waals surface area contributed by atoms with Crippen LogP contribution in [0.2, 0.25) is 0 Å². The maximum absolute atomic E-state index is 15.0. The number of carbonyl (C=O) groups is 1. The molecule has 10 heteroatoms. The van der Waals surface area contributed by atoms with Crippen LogP contribution in [-0.2, 0) is 19.9 Å². The topological polar surface area (TPSA) is 91.6 Å². The van der Waals surface area contributed by atoms with E-state index in [2.05, 4.69) is 10.2 Å². The second-order valence-corrected chi connectivity index (χ2v) is 9.89. The molecule has 3 aromatic rings. The summed E-state index contributed by atoms with van der Waals surface area (Å²) in [5, 5.41) is 17.1. The number of carbonyl (C=O) groups excluding carboxylic acids is 1. The van der Waals surface area contributed by atoms with Crippen molar-refractivity contribution in [3.05, 3.63) is 89.1 Å². The second kappa shape index (κ2) is 11.0. The number of halogens is 2. The van der Waals surface area contributed by atoms with Crippen LogP contribution >= 0.6 is 0 Å². The molecule has 5 rings (SSSR count). The van der Waals surface area contributed by atoms with E-state index in [4.69, 9.17) is 14.7 Å². The Balaban J connectivity index is 1.43. The molecule has 0 unspecified atom stereocenters. The maximum Gasteiger partial charge on any atom is 0.228 e. The van der Waals surface area contributed by atoms with Crippen LogP contribution in [-0.4, -0.2) is 67.5 Å². The van der Waals surface area contributed by atoms with Gasteiger partial charge in [0.15, 0.2) is 11.5 Å². The lowest BCUT2D eigenvalue weighted by atomic mass is 9.80. The molecule has 0 saturated carbocycles. The Morgan fingerprint density at radius 1 is 1.05 bits per heavy atom. The van der Waals surface area contributed by atoms with Crippen LogP contribution in [0.1, 0.15) is 29.2 Å². The summed E-state index contributed by atoms with van der Waals surface area (Å²) in [6, 6.07) is 18.4. The van der Waals surface area contributed by atoms with Crippen molar-refractivity contribution in [1.82, 2.24) is 15.1 Å². The van der Waals surface area contributed by atoms with Crippen molar-refractivity contribution in [3.63, 3.8) is 0 Å². The van der Waals surface area contributed by atoms with Crippen LogP contribution < -0.4 is 4.90 Å². The molecule has 1 aromatic heterocycles. The minimum atomic E-state index is -0.713. The van der Waals surface area contributed by atoms with Crippen LogP contribution in [0.5, 0.6) is 0 Å². The van der Waals surface area contributed by atoms with Gasteiger partial charge in [0.25, 0.3) is 0 Å². The molecule has 0 aliphatic carbocycles. The number of likely N-dealkylation sites (tertiary alicyclic amines) is 1. The number of ether oxygens (including phenoxy) is 2. The second-order valence-electron chi connectivity index (χ2n) is 9.89. The molecule has 3 heterocycles. The smallest absolute Gasteiger partial charge is 0.228 e. The summed E-state index contributed by atoms with van der Waals surface area (Å²) in [6.07, 6.45) is 0.0933. The van der Waals surface area contributed by atoms with Gasteiger partial charge >= 0.3 is 0 Å². The summed E-state index contributed by atoms with van der Waals surface area (Å²) >= 11 is 0. The molecule has 202 valence electrons. The van der Waals surface area contributed by atoms with Gasteiger partial charge in [0.2, 0.25) is 5.91 Å². The molecule has 4 atom stereocenters. The van der Waals surface area contributed by atoms with Gasteiger partial charge in [-0.05, 0) is 29.3 Å². The molecule has 0 bridgehead atoms. The normalized spacial score (nSPS) is 24.9. The minimum Gasteiger partial charge on any atom is -0.376 e. The predicted molar refractivity (Wildman–Crippen MR) is 139 cm³/mol. The van der Waals surface area contributed by atoms with Gasteiger partial charge in [-0.2, -0.15) is 5.26 Å². The number of piperidine rings is 1. The number of rotatable bonds is 6. The van der Waals surface area contributed by atoms with Crippen molar-refractivity contribution < 1.29 is 23.0 Å². The van der Waals surface area contributed by atoms with Crippen LogP contribution in [0.3, 0.4) is 0 Å². The Kier molecular flexibility index (Phi) is 7.55. The highest BCUT2D eigenvalue weighted by Crippen LogP contribution is 2.41. The van der Waals surface area contributed by atoms with Crippen molar-refractivity contribution in [2.24, 2.45) is 5.92 Å². The van der Waals surface area contributed by atoms with Crippen LogP contribution in [0.15, 0.2) is 60.7 Å². The minimum absolute atomic E-state index is 0.146. The average molecular weight is 534 g/mol. The van der Waals surface area contributed by atoms with Crippen LogP contribution in [0.25, 0.3) is 0 Å². The quantitative estimate of drug-likeness (QED) is 0.478. The fourth-order valence-corrected chi connectivity index (χ4v) is 5.91. The monoisotopic (exact) mass is 533 g/mol. The number of aromatic nitrogens is 2. The molecule has 0 radical (unpaired) electrons. The SMILES string of the molecule is CO[C@H]1CN(C(=O)[C@@H]2CN(c3ccc(C#N)nn3)C[C@H]2c2ccc(F)cc2F)CC[C@]1(OC)c1ccccc1. The molecule has 1 amide bonds. The van der Waals surface area contributed by atoms with Gasteiger partial charge in [0, 0.05) is 52.3 Å². The zero-order valence-corrected chi connectivity index (χ0v) is 21.8. The number of benzene rings is 2. The largest absolute Gasteiger partial charge is 0.376 e.